The summed E-state index contributed by atoms with van der Waals surface area (Å²) in [5.41, 5.74) is 7.10. The number of hydrogen-bond donors (Lipinski definition) is 2. The molecular formula is C9H11N5O. The van der Waals surface area contributed by atoms with E-state index in [-0.39, 0.29) is 0 Å². The molecule has 0 bridgehead atoms. The molecule has 0 saturated heterocycles. The highest BCUT2D eigenvalue weighted by Crippen LogP contribution is 2.09. The topological polar surface area (TPSA) is 89.9 Å². The molecule has 0 aliphatic rings. The molecule has 6 heteroatoms. The van der Waals surface area contributed by atoms with E-state index in [0.717, 1.165) is 5.69 Å². The lowest BCUT2D eigenvalue weighted by Crippen LogP contribution is -2.05. The first kappa shape index (κ1) is 9.45. The van der Waals surface area contributed by atoms with Crippen LogP contribution in [0.25, 0.3) is 0 Å². The van der Waals surface area contributed by atoms with Crippen molar-refractivity contribution in [1.29, 1.82) is 0 Å². The van der Waals surface area contributed by atoms with Gasteiger partial charge in [-0.25, -0.2) is 0 Å². The zero-order valence-electron chi connectivity index (χ0n) is 8.05. The van der Waals surface area contributed by atoms with Crippen molar-refractivity contribution in [3.05, 3.63) is 30.7 Å². The Balaban J connectivity index is 1.83. The Kier molecular flexibility index (Phi) is 2.77. The summed E-state index contributed by atoms with van der Waals surface area (Å²) in [5.74, 6) is 0.611. The number of aromatic nitrogens is 3. The molecule has 0 fully saturated rings. The van der Waals surface area contributed by atoms with Crippen LogP contribution in [0.3, 0.4) is 0 Å². The molecule has 78 valence electrons. The summed E-state index contributed by atoms with van der Waals surface area (Å²) in [6.45, 7) is 0.702. The predicted octanol–water partition coefficient (Wildman–Crippen LogP) is 0.701. The number of anilines is 2. The fourth-order valence-electron chi connectivity index (χ4n) is 1.17. The van der Waals surface area contributed by atoms with Gasteiger partial charge in [-0.05, 0) is 6.07 Å². The monoisotopic (exact) mass is 205 g/mol. The summed E-state index contributed by atoms with van der Waals surface area (Å²) < 4.78 is 4.85. The molecule has 0 radical (unpaired) electrons. The van der Waals surface area contributed by atoms with Crippen molar-refractivity contribution >= 4 is 11.4 Å². The van der Waals surface area contributed by atoms with Crippen LogP contribution in [0.2, 0.25) is 0 Å². The average molecular weight is 205 g/mol. The van der Waals surface area contributed by atoms with Crippen LogP contribution in [-0.4, -0.2) is 21.7 Å². The summed E-state index contributed by atoms with van der Waals surface area (Å²) in [4.78, 5) is 7.87. The van der Waals surface area contributed by atoms with E-state index < -0.39 is 0 Å². The van der Waals surface area contributed by atoms with Crippen molar-refractivity contribution in [1.82, 2.24) is 15.1 Å². The minimum absolute atomic E-state index is 0.611. The van der Waals surface area contributed by atoms with Crippen LogP contribution in [0.1, 0.15) is 5.89 Å². The second-order valence-electron chi connectivity index (χ2n) is 3.02. The fourth-order valence-corrected chi connectivity index (χ4v) is 1.17. The van der Waals surface area contributed by atoms with Gasteiger partial charge in [-0.2, -0.15) is 4.98 Å². The van der Waals surface area contributed by atoms with Crippen molar-refractivity contribution < 1.29 is 4.52 Å². The Hall–Kier alpha value is -2.11. The minimum Gasteiger partial charge on any atom is -0.397 e. The summed E-state index contributed by atoms with van der Waals surface area (Å²) in [5, 5.41) is 6.67. The van der Waals surface area contributed by atoms with Crippen LogP contribution >= 0.6 is 0 Å². The minimum atomic E-state index is 0.611. The van der Waals surface area contributed by atoms with Crippen LogP contribution < -0.4 is 11.1 Å². The first-order valence-corrected chi connectivity index (χ1v) is 4.54. The number of nitrogens with two attached hydrogens (primary N) is 1. The third-order valence-corrected chi connectivity index (χ3v) is 1.83. The number of pyridine rings is 1. The number of nitrogens with one attached hydrogen (secondary N) is 1. The fraction of sp³-hybridized carbons (Fsp3) is 0.222. The standard InChI is InChI=1S/C9H11N5O/c10-7-3-8(5-11-4-7)12-2-1-9-13-6-14-15-9/h3-6,12H,1-2,10H2. The van der Waals surface area contributed by atoms with E-state index in [2.05, 4.69) is 20.4 Å². The largest absolute Gasteiger partial charge is 0.397 e. The Morgan fingerprint density at radius 3 is 3.07 bits per heavy atom. The number of nitrogen functional groups attached to an aromatic ring is 1. The van der Waals surface area contributed by atoms with Gasteiger partial charge in [-0.15, -0.1) is 0 Å². The van der Waals surface area contributed by atoms with E-state index in [1.54, 1.807) is 12.4 Å². The van der Waals surface area contributed by atoms with Gasteiger partial charge in [0.25, 0.3) is 0 Å². The average Bonchev–Trinajstić information content (AvgIpc) is 2.71. The molecule has 2 rings (SSSR count). The maximum Gasteiger partial charge on any atom is 0.228 e. The van der Waals surface area contributed by atoms with Gasteiger partial charge in [-0.1, -0.05) is 5.16 Å². The van der Waals surface area contributed by atoms with Crippen molar-refractivity contribution in [3.63, 3.8) is 0 Å². The molecule has 0 amide bonds. The van der Waals surface area contributed by atoms with Gasteiger partial charge in [0.15, 0.2) is 6.33 Å². The van der Waals surface area contributed by atoms with Gasteiger partial charge in [0, 0.05) is 19.2 Å². The van der Waals surface area contributed by atoms with Gasteiger partial charge in [0.2, 0.25) is 5.89 Å². The molecule has 15 heavy (non-hydrogen) atoms. The van der Waals surface area contributed by atoms with Gasteiger partial charge >= 0.3 is 0 Å². The van der Waals surface area contributed by atoms with Crippen LogP contribution in [0.5, 0.6) is 0 Å². The number of hydrogen-bond acceptors (Lipinski definition) is 6. The van der Waals surface area contributed by atoms with Gasteiger partial charge < -0.3 is 15.6 Å². The predicted molar refractivity (Wildman–Crippen MR) is 55.1 cm³/mol. The van der Waals surface area contributed by atoms with Crippen molar-refractivity contribution in [3.8, 4) is 0 Å². The first-order chi connectivity index (χ1) is 7.34. The molecule has 0 spiro atoms. The zero-order chi connectivity index (χ0) is 10.5. The van der Waals surface area contributed by atoms with Gasteiger partial charge in [0.1, 0.15) is 0 Å². The van der Waals surface area contributed by atoms with Crippen molar-refractivity contribution in [2.75, 3.05) is 17.6 Å². The lowest BCUT2D eigenvalue weighted by molar-refractivity contribution is 0.380. The molecule has 0 saturated carbocycles. The second kappa shape index (κ2) is 4.41. The van der Waals surface area contributed by atoms with E-state index >= 15 is 0 Å². The molecule has 0 unspecified atom stereocenters. The molecule has 0 aliphatic carbocycles. The van der Waals surface area contributed by atoms with E-state index in [9.17, 15) is 0 Å². The van der Waals surface area contributed by atoms with Gasteiger partial charge in [0.05, 0.1) is 17.6 Å². The third kappa shape index (κ3) is 2.67. The summed E-state index contributed by atoms with van der Waals surface area (Å²) >= 11 is 0. The Morgan fingerprint density at radius 2 is 2.33 bits per heavy atom. The molecule has 2 heterocycles. The quantitative estimate of drug-likeness (QED) is 0.763. The Morgan fingerprint density at radius 1 is 1.40 bits per heavy atom. The smallest absolute Gasteiger partial charge is 0.228 e. The Labute approximate surface area is 86.5 Å². The van der Waals surface area contributed by atoms with E-state index in [0.29, 0.717) is 24.5 Å². The molecule has 0 aliphatic heterocycles. The molecule has 3 N–H and O–H groups in total. The highest BCUT2D eigenvalue weighted by Gasteiger charge is 1.98. The van der Waals surface area contributed by atoms with Crippen LogP contribution in [0, 0.1) is 0 Å². The van der Waals surface area contributed by atoms with Crippen LogP contribution in [0.4, 0.5) is 11.4 Å². The van der Waals surface area contributed by atoms with Crippen LogP contribution in [0.15, 0.2) is 29.3 Å². The van der Waals surface area contributed by atoms with Crippen molar-refractivity contribution in [2.24, 2.45) is 0 Å². The second-order valence-corrected chi connectivity index (χ2v) is 3.02. The zero-order valence-corrected chi connectivity index (χ0v) is 8.05. The molecule has 0 aromatic carbocycles. The molecule has 2 aromatic heterocycles. The Bertz CT molecular complexity index is 414. The maximum absolute atomic E-state index is 5.58. The third-order valence-electron chi connectivity index (χ3n) is 1.83. The summed E-state index contributed by atoms with van der Waals surface area (Å²) in [6, 6.07) is 1.82. The molecule has 2 aromatic rings. The molecule has 0 atom stereocenters. The van der Waals surface area contributed by atoms with E-state index in [4.69, 9.17) is 10.3 Å². The lowest BCUT2D eigenvalue weighted by Gasteiger charge is -2.03. The normalized spacial score (nSPS) is 10.1. The number of rotatable bonds is 4. The number of nitrogens with zero attached hydrogens (tertiary/aromatic N) is 3. The van der Waals surface area contributed by atoms with Gasteiger partial charge in [-0.3, -0.25) is 4.98 Å². The SMILES string of the molecule is Nc1cncc(NCCc2ncno2)c1. The summed E-state index contributed by atoms with van der Waals surface area (Å²) in [7, 11) is 0. The maximum atomic E-state index is 5.58. The van der Waals surface area contributed by atoms with Crippen LogP contribution in [-0.2, 0) is 6.42 Å². The highest BCUT2D eigenvalue weighted by molar-refractivity contribution is 5.51. The van der Waals surface area contributed by atoms with E-state index in [1.807, 2.05) is 6.07 Å². The first-order valence-electron chi connectivity index (χ1n) is 4.54. The lowest BCUT2D eigenvalue weighted by atomic mass is 10.3. The van der Waals surface area contributed by atoms with Crippen molar-refractivity contribution in [2.45, 2.75) is 6.42 Å². The highest BCUT2D eigenvalue weighted by atomic mass is 16.5. The summed E-state index contributed by atoms with van der Waals surface area (Å²) in [6.07, 6.45) is 5.37. The molecular weight excluding hydrogens is 194 g/mol. The molecule has 6 nitrogen and oxygen atoms in total. The van der Waals surface area contributed by atoms with E-state index in [1.165, 1.54) is 6.33 Å².